The van der Waals surface area contributed by atoms with Crippen LogP contribution in [0.2, 0.25) is 5.02 Å². The number of allylic oxidation sites excluding steroid dienone is 1. The summed E-state index contributed by atoms with van der Waals surface area (Å²) in [5.41, 5.74) is 0.328. The molecular weight excluding hydrogens is 268 g/mol. The summed E-state index contributed by atoms with van der Waals surface area (Å²) in [4.78, 5) is 0. The predicted octanol–water partition coefficient (Wildman–Crippen LogP) is 6.48. The molecule has 0 aliphatic carbocycles. The second-order valence-corrected chi connectivity index (χ2v) is 6.85. The highest BCUT2D eigenvalue weighted by molar-refractivity contribution is 6.30. The molecule has 0 aromatic heterocycles. The van der Waals surface area contributed by atoms with Crippen molar-refractivity contribution in [3.05, 3.63) is 41.6 Å². The van der Waals surface area contributed by atoms with Crippen molar-refractivity contribution in [2.24, 2.45) is 11.3 Å². The Morgan fingerprint density at radius 1 is 1.25 bits per heavy atom. The monoisotopic (exact) mass is 294 g/mol. The van der Waals surface area contributed by atoms with Gasteiger partial charge in [-0.2, -0.15) is 0 Å². The van der Waals surface area contributed by atoms with Crippen LogP contribution in [-0.2, 0) is 0 Å². The standard InChI is InChI=1S/C18H27ClO/c1-5-7-15(2)14-18(3,4)12-6-13-20-17-10-8-16(19)9-11-17/h6,8-11,13,15H,5,7,12,14H2,1-4H3. The van der Waals surface area contributed by atoms with Crippen LogP contribution in [0.4, 0.5) is 0 Å². The molecule has 0 saturated heterocycles. The molecule has 20 heavy (non-hydrogen) atoms. The molecule has 0 fully saturated rings. The largest absolute Gasteiger partial charge is 0.465 e. The third-order valence-corrected chi connectivity index (χ3v) is 3.72. The molecular formula is C18H27ClO. The maximum Gasteiger partial charge on any atom is 0.126 e. The Labute approximate surface area is 129 Å². The molecule has 0 aliphatic heterocycles. The second kappa shape index (κ2) is 8.36. The Kier molecular flexibility index (Phi) is 7.15. The highest BCUT2D eigenvalue weighted by atomic mass is 35.5. The van der Waals surface area contributed by atoms with E-state index < -0.39 is 0 Å². The third-order valence-electron chi connectivity index (χ3n) is 3.47. The Bertz CT molecular complexity index is 406. The van der Waals surface area contributed by atoms with Crippen LogP contribution in [0.15, 0.2) is 36.6 Å². The lowest BCUT2D eigenvalue weighted by Crippen LogP contribution is -2.14. The summed E-state index contributed by atoms with van der Waals surface area (Å²) in [6, 6.07) is 7.42. The van der Waals surface area contributed by atoms with Gasteiger partial charge in [-0.1, -0.05) is 52.1 Å². The van der Waals surface area contributed by atoms with Crippen molar-refractivity contribution in [3.63, 3.8) is 0 Å². The van der Waals surface area contributed by atoms with Crippen LogP contribution >= 0.6 is 11.6 Å². The lowest BCUT2D eigenvalue weighted by molar-refractivity contribution is 0.269. The Hall–Kier alpha value is -0.950. The zero-order valence-electron chi connectivity index (χ0n) is 13.2. The van der Waals surface area contributed by atoms with Crippen molar-refractivity contribution >= 4 is 11.6 Å². The zero-order valence-corrected chi connectivity index (χ0v) is 13.9. The summed E-state index contributed by atoms with van der Waals surface area (Å²) in [5.74, 6) is 1.61. The van der Waals surface area contributed by atoms with Gasteiger partial charge in [0.15, 0.2) is 0 Å². The quantitative estimate of drug-likeness (QED) is 0.499. The number of hydrogen-bond donors (Lipinski definition) is 0. The van der Waals surface area contributed by atoms with E-state index >= 15 is 0 Å². The number of benzene rings is 1. The minimum atomic E-state index is 0.328. The van der Waals surface area contributed by atoms with Gasteiger partial charge >= 0.3 is 0 Å². The van der Waals surface area contributed by atoms with E-state index in [0.717, 1.165) is 23.1 Å². The van der Waals surface area contributed by atoms with Crippen molar-refractivity contribution in [1.29, 1.82) is 0 Å². The van der Waals surface area contributed by atoms with Gasteiger partial charge in [0.2, 0.25) is 0 Å². The molecule has 112 valence electrons. The summed E-state index contributed by atoms with van der Waals surface area (Å²) in [6.45, 7) is 9.25. The van der Waals surface area contributed by atoms with E-state index in [0.29, 0.717) is 5.41 Å². The van der Waals surface area contributed by atoms with Gasteiger partial charge in [-0.25, -0.2) is 0 Å². The third kappa shape index (κ3) is 7.00. The Morgan fingerprint density at radius 2 is 1.90 bits per heavy atom. The zero-order chi connectivity index (χ0) is 15.0. The van der Waals surface area contributed by atoms with Gasteiger partial charge in [0.1, 0.15) is 5.75 Å². The van der Waals surface area contributed by atoms with Crippen LogP contribution in [0.3, 0.4) is 0 Å². The van der Waals surface area contributed by atoms with Crippen molar-refractivity contribution in [3.8, 4) is 5.75 Å². The minimum Gasteiger partial charge on any atom is -0.465 e. The summed E-state index contributed by atoms with van der Waals surface area (Å²) in [5, 5.41) is 0.729. The number of ether oxygens (including phenoxy) is 1. The van der Waals surface area contributed by atoms with Crippen LogP contribution in [0, 0.1) is 11.3 Å². The van der Waals surface area contributed by atoms with Gasteiger partial charge in [-0.05, 0) is 54.5 Å². The fraction of sp³-hybridized carbons (Fsp3) is 0.556. The summed E-state index contributed by atoms with van der Waals surface area (Å²) < 4.78 is 5.57. The molecule has 0 aliphatic rings. The molecule has 0 bridgehead atoms. The van der Waals surface area contributed by atoms with Crippen LogP contribution in [0.5, 0.6) is 5.75 Å². The van der Waals surface area contributed by atoms with Crippen LogP contribution in [0.25, 0.3) is 0 Å². The van der Waals surface area contributed by atoms with Crippen molar-refractivity contribution in [1.82, 2.24) is 0 Å². The van der Waals surface area contributed by atoms with E-state index in [1.165, 1.54) is 19.3 Å². The summed E-state index contributed by atoms with van der Waals surface area (Å²) >= 11 is 5.83. The first-order valence-corrected chi connectivity index (χ1v) is 7.88. The normalized spacial score (nSPS) is 13.7. The molecule has 0 saturated carbocycles. The van der Waals surface area contributed by atoms with Gasteiger partial charge in [-0.3, -0.25) is 0 Å². The maximum atomic E-state index is 5.83. The Balaban J connectivity index is 2.37. The van der Waals surface area contributed by atoms with Gasteiger partial charge in [-0.15, -0.1) is 0 Å². The van der Waals surface area contributed by atoms with Crippen molar-refractivity contribution in [2.45, 2.75) is 53.4 Å². The molecule has 0 spiro atoms. The van der Waals surface area contributed by atoms with Crippen molar-refractivity contribution in [2.75, 3.05) is 0 Å². The van der Waals surface area contributed by atoms with E-state index in [1.807, 2.05) is 24.3 Å². The summed E-state index contributed by atoms with van der Waals surface area (Å²) in [7, 11) is 0. The van der Waals surface area contributed by atoms with Gasteiger partial charge in [0.25, 0.3) is 0 Å². The fourth-order valence-electron chi connectivity index (χ4n) is 2.63. The van der Waals surface area contributed by atoms with Crippen LogP contribution in [-0.4, -0.2) is 0 Å². The van der Waals surface area contributed by atoms with Gasteiger partial charge < -0.3 is 4.74 Å². The molecule has 1 atom stereocenters. The lowest BCUT2D eigenvalue weighted by atomic mass is 9.79. The molecule has 0 radical (unpaired) electrons. The minimum absolute atomic E-state index is 0.328. The maximum absolute atomic E-state index is 5.83. The second-order valence-electron chi connectivity index (χ2n) is 6.41. The molecule has 1 nitrogen and oxygen atoms in total. The highest BCUT2D eigenvalue weighted by Crippen LogP contribution is 2.31. The molecule has 2 heteroatoms. The molecule has 1 aromatic carbocycles. The average Bonchev–Trinajstić information content (AvgIpc) is 2.36. The predicted molar refractivity (Wildman–Crippen MR) is 88.3 cm³/mol. The first kappa shape index (κ1) is 17.1. The number of rotatable bonds is 8. The molecule has 0 amide bonds. The fourth-order valence-corrected chi connectivity index (χ4v) is 2.75. The summed E-state index contributed by atoms with van der Waals surface area (Å²) in [6.07, 6.45) is 8.78. The van der Waals surface area contributed by atoms with E-state index in [9.17, 15) is 0 Å². The molecule has 0 heterocycles. The smallest absolute Gasteiger partial charge is 0.126 e. The van der Waals surface area contributed by atoms with E-state index in [-0.39, 0.29) is 0 Å². The van der Waals surface area contributed by atoms with Crippen LogP contribution in [0.1, 0.15) is 53.4 Å². The van der Waals surface area contributed by atoms with E-state index in [2.05, 4.69) is 33.8 Å². The van der Waals surface area contributed by atoms with Crippen LogP contribution < -0.4 is 4.74 Å². The lowest BCUT2D eigenvalue weighted by Gasteiger charge is -2.26. The Morgan fingerprint density at radius 3 is 2.50 bits per heavy atom. The topological polar surface area (TPSA) is 9.23 Å². The average molecular weight is 295 g/mol. The highest BCUT2D eigenvalue weighted by Gasteiger charge is 2.19. The number of hydrogen-bond acceptors (Lipinski definition) is 1. The first-order valence-electron chi connectivity index (χ1n) is 7.50. The molecule has 1 rings (SSSR count). The molecule has 0 N–H and O–H groups in total. The van der Waals surface area contributed by atoms with Crippen molar-refractivity contribution < 1.29 is 4.74 Å². The number of halogens is 1. The van der Waals surface area contributed by atoms with E-state index in [4.69, 9.17) is 16.3 Å². The molecule has 1 aromatic rings. The van der Waals surface area contributed by atoms with Gasteiger partial charge in [0.05, 0.1) is 6.26 Å². The molecule has 1 unspecified atom stereocenters. The SMILES string of the molecule is CCCC(C)CC(C)(C)CC=COc1ccc(Cl)cc1. The first-order chi connectivity index (χ1) is 9.43. The van der Waals surface area contributed by atoms with E-state index in [1.54, 1.807) is 6.26 Å². The van der Waals surface area contributed by atoms with Gasteiger partial charge in [0, 0.05) is 5.02 Å².